The predicted molar refractivity (Wildman–Crippen MR) is 143 cm³/mol. The molecule has 0 unspecified atom stereocenters. The summed E-state index contributed by atoms with van der Waals surface area (Å²) in [4.78, 5) is 49.3. The summed E-state index contributed by atoms with van der Waals surface area (Å²) in [6, 6.07) is 9.43. The summed E-state index contributed by atoms with van der Waals surface area (Å²) in [5.41, 5.74) is 3.73. The van der Waals surface area contributed by atoms with Crippen molar-refractivity contribution in [2.24, 2.45) is 0 Å². The van der Waals surface area contributed by atoms with Crippen molar-refractivity contribution in [3.8, 4) is 5.69 Å². The van der Waals surface area contributed by atoms with E-state index in [-0.39, 0.29) is 23.7 Å². The fourth-order valence-corrected chi connectivity index (χ4v) is 7.02. The maximum atomic E-state index is 13.8. The fourth-order valence-electron chi connectivity index (χ4n) is 4.83. The zero-order valence-corrected chi connectivity index (χ0v) is 22.1. The maximum Gasteiger partial charge on any atom is 0.340 e. The van der Waals surface area contributed by atoms with Gasteiger partial charge in [0, 0.05) is 10.6 Å². The fraction of sp³-hybridized carbons (Fsp3) is 0.333. The van der Waals surface area contributed by atoms with Crippen LogP contribution in [0.4, 0.5) is 0 Å². The third-order valence-electron chi connectivity index (χ3n) is 6.50. The van der Waals surface area contributed by atoms with Crippen LogP contribution >= 0.6 is 23.1 Å². The molecular weight excluding hydrogens is 494 g/mol. The summed E-state index contributed by atoms with van der Waals surface area (Å²) in [6.07, 6.45) is 4.10. The van der Waals surface area contributed by atoms with Gasteiger partial charge in [0.1, 0.15) is 4.83 Å². The number of carbonyl (C=O) groups excluding carboxylic acids is 2. The molecule has 5 rings (SSSR count). The number of ketones is 1. The number of aromatic amines is 1. The second kappa shape index (κ2) is 10.1. The number of para-hydroxylation sites is 1. The quantitative estimate of drug-likeness (QED) is 0.151. The monoisotopic (exact) mass is 521 g/mol. The number of hydrogen-bond acceptors (Lipinski definition) is 7. The summed E-state index contributed by atoms with van der Waals surface area (Å²) in [5.74, 6) is -0.545. The van der Waals surface area contributed by atoms with Gasteiger partial charge in [-0.2, -0.15) is 0 Å². The number of H-pyrrole nitrogens is 1. The molecule has 0 spiro atoms. The molecule has 1 aromatic carbocycles. The Kier molecular flexibility index (Phi) is 6.85. The molecule has 0 amide bonds. The number of carbonyl (C=O) groups is 2. The maximum absolute atomic E-state index is 13.8. The molecule has 1 aliphatic rings. The minimum atomic E-state index is -0.442. The number of esters is 1. The molecule has 0 fully saturated rings. The van der Waals surface area contributed by atoms with Gasteiger partial charge in [0.05, 0.1) is 34.7 Å². The highest BCUT2D eigenvalue weighted by Crippen LogP contribution is 2.35. The van der Waals surface area contributed by atoms with E-state index in [0.717, 1.165) is 41.8 Å². The van der Waals surface area contributed by atoms with Crippen LogP contribution in [0.2, 0.25) is 0 Å². The largest absolute Gasteiger partial charge is 0.462 e. The van der Waals surface area contributed by atoms with E-state index in [1.165, 1.54) is 16.6 Å². The van der Waals surface area contributed by atoms with E-state index >= 15 is 0 Å². The number of nitrogens with one attached hydrogen (secondary N) is 1. The van der Waals surface area contributed by atoms with Gasteiger partial charge in [0.25, 0.3) is 5.56 Å². The van der Waals surface area contributed by atoms with Gasteiger partial charge in [-0.15, -0.1) is 11.3 Å². The standard InChI is InChI=1S/C27H27N3O4S2/c1-4-34-26(33)21-15(2)23(28-16(21)3)19(31)14-35-27-29-24-22(18-12-8-9-13-20(18)36-24)25(32)30(27)17-10-6-5-7-11-17/h5-7,10-11,28H,4,8-9,12-14H2,1-3H3. The Morgan fingerprint density at radius 1 is 1.17 bits per heavy atom. The van der Waals surface area contributed by atoms with Gasteiger partial charge < -0.3 is 9.72 Å². The number of fused-ring (bicyclic) bond motifs is 3. The first-order chi connectivity index (χ1) is 17.4. The lowest BCUT2D eigenvalue weighted by Gasteiger charge is -2.13. The number of thioether (sulfide) groups is 1. The van der Waals surface area contributed by atoms with Crippen LogP contribution in [0.25, 0.3) is 15.9 Å². The number of benzene rings is 1. The Bertz CT molecular complexity index is 1530. The molecule has 0 saturated carbocycles. The van der Waals surface area contributed by atoms with Crippen molar-refractivity contribution < 1.29 is 14.3 Å². The van der Waals surface area contributed by atoms with Crippen molar-refractivity contribution in [2.75, 3.05) is 12.4 Å². The lowest BCUT2D eigenvalue weighted by atomic mass is 9.97. The van der Waals surface area contributed by atoms with Crippen molar-refractivity contribution in [2.45, 2.75) is 51.6 Å². The Morgan fingerprint density at radius 2 is 1.92 bits per heavy atom. The summed E-state index contributed by atoms with van der Waals surface area (Å²) >= 11 is 2.83. The first kappa shape index (κ1) is 24.5. The lowest BCUT2D eigenvalue weighted by Crippen LogP contribution is -2.22. The molecule has 0 bridgehead atoms. The van der Waals surface area contributed by atoms with E-state index in [2.05, 4.69) is 4.98 Å². The van der Waals surface area contributed by atoms with Gasteiger partial charge in [0.2, 0.25) is 0 Å². The molecule has 0 saturated heterocycles. The van der Waals surface area contributed by atoms with Crippen molar-refractivity contribution in [3.05, 3.63) is 73.6 Å². The SMILES string of the molecule is CCOC(=O)c1c(C)[nH]c(C(=O)CSc2nc3sc4c(c3c(=O)n2-c2ccccc2)CCCC4)c1C. The number of ether oxygens (including phenoxy) is 1. The molecule has 9 heteroatoms. The molecule has 1 aliphatic carbocycles. The summed E-state index contributed by atoms with van der Waals surface area (Å²) < 4.78 is 6.77. The third kappa shape index (κ3) is 4.30. The molecular formula is C27H27N3O4S2. The van der Waals surface area contributed by atoms with Crippen LogP contribution in [0.3, 0.4) is 0 Å². The average Bonchev–Trinajstić information content (AvgIpc) is 3.39. The van der Waals surface area contributed by atoms with Crippen LogP contribution < -0.4 is 5.56 Å². The van der Waals surface area contributed by atoms with E-state index in [0.29, 0.717) is 33.1 Å². The highest BCUT2D eigenvalue weighted by molar-refractivity contribution is 7.99. The van der Waals surface area contributed by atoms with Gasteiger partial charge in [-0.05, 0) is 69.7 Å². The van der Waals surface area contributed by atoms with Crippen molar-refractivity contribution in [1.82, 2.24) is 14.5 Å². The normalized spacial score (nSPS) is 13.1. The summed E-state index contributed by atoms with van der Waals surface area (Å²) in [6.45, 7) is 5.51. The van der Waals surface area contributed by atoms with E-state index in [1.807, 2.05) is 30.3 Å². The molecule has 0 radical (unpaired) electrons. The summed E-state index contributed by atoms with van der Waals surface area (Å²) in [5, 5.41) is 1.20. The van der Waals surface area contributed by atoms with Crippen LogP contribution in [0, 0.1) is 13.8 Å². The van der Waals surface area contributed by atoms with Gasteiger partial charge in [-0.3, -0.25) is 14.2 Å². The van der Waals surface area contributed by atoms with E-state index < -0.39 is 5.97 Å². The Hall–Kier alpha value is -3.17. The molecule has 186 valence electrons. The second-order valence-corrected chi connectivity index (χ2v) is 10.8. The van der Waals surface area contributed by atoms with Gasteiger partial charge in [-0.25, -0.2) is 9.78 Å². The van der Waals surface area contributed by atoms with E-state index in [9.17, 15) is 14.4 Å². The molecule has 0 atom stereocenters. The van der Waals surface area contributed by atoms with Gasteiger partial charge in [-0.1, -0.05) is 30.0 Å². The molecule has 1 N–H and O–H groups in total. The van der Waals surface area contributed by atoms with Crippen LogP contribution in [0.5, 0.6) is 0 Å². The van der Waals surface area contributed by atoms with Gasteiger partial charge in [0.15, 0.2) is 10.9 Å². The number of thiophene rings is 1. The first-order valence-corrected chi connectivity index (χ1v) is 13.9. The number of nitrogens with zero attached hydrogens (tertiary/aromatic N) is 2. The number of aromatic nitrogens is 3. The van der Waals surface area contributed by atoms with Crippen molar-refractivity contribution in [1.29, 1.82) is 0 Å². The minimum Gasteiger partial charge on any atom is -0.462 e. The van der Waals surface area contributed by atoms with Crippen molar-refractivity contribution in [3.63, 3.8) is 0 Å². The Balaban J connectivity index is 1.53. The summed E-state index contributed by atoms with van der Waals surface area (Å²) in [7, 11) is 0. The highest BCUT2D eigenvalue weighted by Gasteiger charge is 2.25. The Morgan fingerprint density at radius 3 is 2.67 bits per heavy atom. The number of aryl methyl sites for hydroxylation is 3. The zero-order chi connectivity index (χ0) is 25.4. The van der Waals surface area contributed by atoms with E-state index in [4.69, 9.17) is 9.72 Å². The van der Waals surface area contributed by atoms with Crippen LogP contribution in [0.15, 0.2) is 40.3 Å². The van der Waals surface area contributed by atoms with Crippen LogP contribution in [-0.4, -0.2) is 38.6 Å². The average molecular weight is 522 g/mol. The number of rotatable bonds is 7. The molecule has 0 aliphatic heterocycles. The smallest absolute Gasteiger partial charge is 0.340 e. The Labute approximate surface area is 216 Å². The molecule has 4 aromatic rings. The van der Waals surface area contributed by atoms with Crippen LogP contribution in [-0.2, 0) is 17.6 Å². The number of Topliss-reactive ketones (excluding diaryl/α,β-unsaturated/α-hetero) is 1. The highest BCUT2D eigenvalue weighted by atomic mass is 32.2. The molecule has 3 aromatic heterocycles. The van der Waals surface area contributed by atoms with Crippen LogP contribution in [0.1, 0.15) is 62.3 Å². The molecule has 36 heavy (non-hydrogen) atoms. The number of hydrogen-bond donors (Lipinski definition) is 1. The molecule has 3 heterocycles. The van der Waals surface area contributed by atoms with Crippen molar-refractivity contribution >= 4 is 45.1 Å². The third-order valence-corrected chi connectivity index (χ3v) is 8.63. The van der Waals surface area contributed by atoms with Gasteiger partial charge >= 0.3 is 5.97 Å². The predicted octanol–water partition coefficient (Wildman–Crippen LogP) is 5.42. The minimum absolute atomic E-state index is 0.0684. The van der Waals surface area contributed by atoms with E-state index in [1.54, 1.807) is 36.7 Å². The lowest BCUT2D eigenvalue weighted by molar-refractivity contribution is 0.0525. The molecule has 7 nitrogen and oxygen atoms in total. The topological polar surface area (TPSA) is 94.1 Å². The second-order valence-electron chi connectivity index (χ2n) is 8.82. The first-order valence-electron chi connectivity index (χ1n) is 12.1. The zero-order valence-electron chi connectivity index (χ0n) is 20.5.